The number of halogens is 1. The van der Waals surface area contributed by atoms with E-state index in [1.165, 1.54) is 0 Å². The summed E-state index contributed by atoms with van der Waals surface area (Å²) in [5.74, 6) is 0.769. The van der Waals surface area contributed by atoms with E-state index in [1.54, 1.807) is 29.1 Å². The van der Waals surface area contributed by atoms with Gasteiger partial charge < -0.3 is 13.9 Å². The van der Waals surface area contributed by atoms with E-state index in [2.05, 4.69) is 9.67 Å². The maximum atomic E-state index is 12.9. The number of aromatic nitrogens is 3. The third kappa shape index (κ3) is 2.42. The summed E-state index contributed by atoms with van der Waals surface area (Å²) in [4.78, 5) is 14.7. The van der Waals surface area contributed by atoms with Crippen LogP contribution in [0.1, 0.15) is 16.2 Å². The summed E-state index contributed by atoms with van der Waals surface area (Å²) in [6.45, 7) is 1.90. The van der Waals surface area contributed by atoms with Crippen molar-refractivity contribution in [3.8, 4) is 11.5 Å². The summed E-state index contributed by atoms with van der Waals surface area (Å²) in [5, 5.41) is 4.95. The standard InChI is InChI=1S/C19H15ClN4O2/c20-13-3-4-14-10-16(21-24(14)11-13)19(25)22-7-8-23-15(12-22)5-6-17(23)18-2-1-9-26-18/h1-6,9-11H,7-8,12H2. The first-order valence-electron chi connectivity index (χ1n) is 8.35. The Hall–Kier alpha value is -2.99. The van der Waals surface area contributed by atoms with Crippen LogP contribution >= 0.6 is 11.6 Å². The number of hydrogen-bond acceptors (Lipinski definition) is 3. The third-order valence-corrected chi connectivity index (χ3v) is 4.94. The van der Waals surface area contributed by atoms with Crippen molar-refractivity contribution in [3.05, 3.63) is 71.3 Å². The number of nitrogens with zero attached hydrogens (tertiary/aromatic N) is 4. The van der Waals surface area contributed by atoms with Crippen LogP contribution in [0.5, 0.6) is 0 Å². The molecule has 4 aromatic rings. The maximum absolute atomic E-state index is 12.9. The molecule has 130 valence electrons. The summed E-state index contributed by atoms with van der Waals surface area (Å²) >= 11 is 5.99. The fourth-order valence-electron chi connectivity index (χ4n) is 3.45. The van der Waals surface area contributed by atoms with Crippen molar-refractivity contribution in [2.45, 2.75) is 13.1 Å². The van der Waals surface area contributed by atoms with Crippen LogP contribution in [0.2, 0.25) is 5.02 Å². The fourth-order valence-corrected chi connectivity index (χ4v) is 3.60. The van der Waals surface area contributed by atoms with E-state index >= 15 is 0 Å². The van der Waals surface area contributed by atoms with E-state index in [0.29, 0.717) is 23.8 Å². The Labute approximate surface area is 154 Å². The van der Waals surface area contributed by atoms with Crippen LogP contribution < -0.4 is 0 Å². The van der Waals surface area contributed by atoms with Gasteiger partial charge in [0.15, 0.2) is 5.69 Å². The van der Waals surface area contributed by atoms with Gasteiger partial charge in [0.1, 0.15) is 5.76 Å². The van der Waals surface area contributed by atoms with Crippen molar-refractivity contribution in [3.63, 3.8) is 0 Å². The van der Waals surface area contributed by atoms with E-state index in [4.69, 9.17) is 16.0 Å². The molecule has 6 nitrogen and oxygen atoms in total. The Morgan fingerprint density at radius 2 is 2.08 bits per heavy atom. The van der Waals surface area contributed by atoms with Gasteiger partial charge in [-0.05, 0) is 42.5 Å². The number of carbonyl (C=O) groups excluding carboxylic acids is 1. The zero-order chi connectivity index (χ0) is 17.7. The van der Waals surface area contributed by atoms with Gasteiger partial charge >= 0.3 is 0 Å². The van der Waals surface area contributed by atoms with Crippen molar-refractivity contribution < 1.29 is 9.21 Å². The van der Waals surface area contributed by atoms with Gasteiger partial charge in [0.2, 0.25) is 0 Å². The minimum absolute atomic E-state index is 0.0724. The van der Waals surface area contributed by atoms with Crippen molar-refractivity contribution in [2.75, 3.05) is 6.54 Å². The highest BCUT2D eigenvalue weighted by Gasteiger charge is 2.25. The van der Waals surface area contributed by atoms with E-state index in [0.717, 1.165) is 29.2 Å². The van der Waals surface area contributed by atoms with Crippen LogP contribution in [-0.4, -0.2) is 31.5 Å². The van der Waals surface area contributed by atoms with Crippen LogP contribution in [0.25, 0.3) is 17.0 Å². The predicted molar refractivity (Wildman–Crippen MR) is 97.1 cm³/mol. The molecule has 0 fully saturated rings. The molecule has 0 unspecified atom stereocenters. The molecule has 26 heavy (non-hydrogen) atoms. The molecule has 0 bridgehead atoms. The Kier molecular flexibility index (Phi) is 3.39. The average Bonchev–Trinajstić information content (AvgIpc) is 3.38. The van der Waals surface area contributed by atoms with Gasteiger partial charge in [-0.25, -0.2) is 4.52 Å². The van der Waals surface area contributed by atoms with E-state index < -0.39 is 0 Å². The molecule has 1 aliphatic rings. The smallest absolute Gasteiger partial charge is 0.274 e. The van der Waals surface area contributed by atoms with Gasteiger partial charge in [-0.3, -0.25) is 4.79 Å². The quantitative estimate of drug-likeness (QED) is 0.543. The Morgan fingerprint density at radius 1 is 1.15 bits per heavy atom. The lowest BCUT2D eigenvalue weighted by atomic mass is 10.2. The second kappa shape index (κ2) is 5.78. The highest BCUT2D eigenvalue weighted by molar-refractivity contribution is 6.30. The summed E-state index contributed by atoms with van der Waals surface area (Å²) in [6, 6.07) is 13.3. The Bertz CT molecular complexity index is 1110. The molecular weight excluding hydrogens is 352 g/mol. The first kappa shape index (κ1) is 15.3. The molecule has 0 saturated carbocycles. The third-order valence-electron chi connectivity index (χ3n) is 4.72. The van der Waals surface area contributed by atoms with Gasteiger partial charge in [0.05, 0.1) is 29.0 Å². The first-order chi connectivity index (χ1) is 12.7. The topological polar surface area (TPSA) is 55.7 Å². The fraction of sp³-hybridized carbons (Fsp3) is 0.158. The monoisotopic (exact) mass is 366 g/mol. The van der Waals surface area contributed by atoms with Crippen molar-refractivity contribution >= 4 is 23.0 Å². The molecular formula is C19H15ClN4O2. The number of amides is 1. The molecule has 0 aromatic carbocycles. The minimum Gasteiger partial charge on any atom is -0.463 e. The van der Waals surface area contributed by atoms with Gasteiger partial charge in [0, 0.05) is 25.0 Å². The number of fused-ring (bicyclic) bond motifs is 2. The molecule has 0 radical (unpaired) electrons. The van der Waals surface area contributed by atoms with Gasteiger partial charge in [-0.15, -0.1) is 0 Å². The molecule has 5 rings (SSSR count). The predicted octanol–water partition coefficient (Wildman–Crippen LogP) is 3.71. The molecule has 5 heterocycles. The normalized spacial score (nSPS) is 14.0. The van der Waals surface area contributed by atoms with E-state index in [1.807, 2.05) is 35.2 Å². The summed E-state index contributed by atoms with van der Waals surface area (Å²) in [5.41, 5.74) is 3.40. The minimum atomic E-state index is -0.0724. The Balaban J connectivity index is 1.42. The highest BCUT2D eigenvalue weighted by atomic mass is 35.5. The molecule has 0 atom stereocenters. The molecule has 1 aliphatic heterocycles. The lowest BCUT2D eigenvalue weighted by Gasteiger charge is -2.29. The lowest BCUT2D eigenvalue weighted by molar-refractivity contribution is 0.0705. The van der Waals surface area contributed by atoms with Crippen molar-refractivity contribution in [2.24, 2.45) is 0 Å². The zero-order valence-electron chi connectivity index (χ0n) is 13.8. The van der Waals surface area contributed by atoms with Crippen LogP contribution in [0.4, 0.5) is 0 Å². The summed E-state index contributed by atoms with van der Waals surface area (Å²) in [6.07, 6.45) is 3.37. The maximum Gasteiger partial charge on any atom is 0.274 e. The zero-order valence-corrected chi connectivity index (χ0v) is 14.6. The van der Waals surface area contributed by atoms with Crippen molar-refractivity contribution in [1.29, 1.82) is 0 Å². The van der Waals surface area contributed by atoms with Crippen molar-refractivity contribution in [1.82, 2.24) is 19.1 Å². The number of hydrogen-bond donors (Lipinski definition) is 0. The largest absolute Gasteiger partial charge is 0.463 e. The summed E-state index contributed by atoms with van der Waals surface area (Å²) in [7, 11) is 0. The number of furan rings is 1. The second-order valence-electron chi connectivity index (χ2n) is 6.31. The van der Waals surface area contributed by atoms with Crippen LogP contribution in [0, 0.1) is 0 Å². The molecule has 7 heteroatoms. The van der Waals surface area contributed by atoms with Gasteiger partial charge in [-0.1, -0.05) is 11.6 Å². The van der Waals surface area contributed by atoms with Gasteiger partial charge in [0.25, 0.3) is 5.91 Å². The van der Waals surface area contributed by atoms with E-state index in [9.17, 15) is 4.79 Å². The Morgan fingerprint density at radius 3 is 2.92 bits per heavy atom. The number of carbonyl (C=O) groups is 1. The van der Waals surface area contributed by atoms with Crippen LogP contribution in [0.15, 0.2) is 59.3 Å². The number of pyridine rings is 1. The highest BCUT2D eigenvalue weighted by Crippen LogP contribution is 2.27. The first-order valence-corrected chi connectivity index (χ1v) is 8.73. The SMILES string of the molecule is O=C(c1cc2ccc(Cl)cn2n1)N1CCn2c(ccc2-c2ccco2)C1. The lowest BCUT2D eigenvalue weighted by Crippen LogP contribution is -2.38. The average molecular weight is 367 g/mol. The second-order valence-corrected chi connectivity index (χ2v) is 6.75. The van der Waals surface area contributed by atoms with Crippen LogP contribution in [0.3, 0.4) is 0 Å². The molecule has 0 N–H and O–H groups in total. The van der Waals surface area contributed by atoms with E-state index in [-0.39, 0.29) is 5.91 Å². The van der Waals surface area contributed by atoms with Gasteiger partial charge in [-0.2, -0.15) is 5.10 Å². The molecule has 0 spiro atoms. The number of rotatable bonds is 2. The summed E-state index contributed by atoms with van der Waals surface area (Å²) < 4.78 is 9.34. The molecule has 1 amide bonds. The molecule has 0 aliphatic carbocycles. The van der Waals surface area contributed by atoms with Crippen LogP contribution in [-0.2, 0) is 13.1 Å². The molecule has 4 aromatic heterocycles. The molecule has 0 saturated heterocycles.